The Morgan fingerprint density at radius 2 is 2.00 bits per heavy atom. The molecule has 1 aromatic carbocycles. The molecule has 0 radical (unpaired) electrons. The van der Waals surface area contributed by atoms with Gasteiger partial charge in [-0.3, -0.25) is 14.7 Å². The number of H-pyrrole nitrogens is 1. The summed E-state index contributed by atoms with van der Waals surface area (Å²) in [6.45, 7) is -0.118. The van der Waals surface area contributed by atoms with Crippen molar-refractivity contribution in [3.63, 3.8) is 0 Å². The molecule has 0 spiro atoms. The molecule has 0 saturated heterocycles. The van der Waals surface area contributed by atoms with Gasteiger partial charge in [-0.15, -0.1) is 0 Å². The highest BCUT2D eigenvalue weighted by atomic mass is 19.1. The number of aromatic amines is 1. The van der Waals surface area contributed by atoms with E-state index >= 15 is 0 Å². The fourth-order valence-electron chi connectivity index (χ4n) is 1.63. The highest BCUT2D eigenvalue weighted by Crippen LogP contribution is 2.10. The van der Waals surface area contributed by atoms with E-state index in [-0.39, 0.29) is 17.7 Å². The maximum Gasteiger partial charge on any atom is 0.335 e. The quantitative estimate of drug-likeness (QED) is 0.840. The van der Waals surface area contributed by atoms with Crippen molar-refractivity contribution in [3.05, 3.63) is 68.0 Å². The Morgan fingerprint density at radius 1 is 1.26 bits per heavy atom. The molecule has 1 heterocycles. The van der Waals surface area contributed by atoms with Gasteiger partial charge >= 0.3 is 5.97 Å². The van der Waals surface area contributed by atoms with E-state index in [1.54, 1.807) is 0 Å². The highest BCUT2D eigenvalue weighted by molar-refractivity contribution is 5.87. The van der Waals surface area contributed by atoms with Gasteiger partial charge in [0, 0.05) is 12.1 Å². The van der Waals surface area contributed by atoms with Crippen LogP contribution in [0.25, 0.3) is 0 Å². The Hall–Kier alpha value is -2.70. The molecule has 2 aromatic rings. The second-order valence-electron chi connectivity index (χ2n) is 3.89. The number of halogens is 1. The molecule has 2 rings (SSSR count). The number of aromatic carboxylic acids is 1. The third kappa shape index (κ3) is 2.95. The van der Waals surface area contributed by atoms with Crippen LogP contribution in [-0.4, -0.2) is 20.9 Å². The lowest BCUT2D eigenvalue weighted by Gasteiger charge is -2.06. The van der Waals surface area contributed by atoms with Crippen molar-refractivity contribution in [1.29, 1.82) is 0 Å². The van der Waals surface area contributed by atoms with Crippen LogP contribution in [0.2, 0.25) is 0 Å². The second kappa shape index (κ2) is 4.89. The molecule has 0 aliphatic heterocycles. The van der Waals surface area contributed by atoms with Crippen molar-refractivity contribution in [2.24, 2.45) is 0 Å². The number of rotatable bonds is 3. The predicted molar refractivity (Wildman–Crippen MR) is 63.8 cm³/mol. The van der Waals surface area contributed by atoms with Crippen LogP contribution in [0.1, 0.15) is 15.9 Å². The second-order valence-corrected chi connectivity index (χ2v) is 3.89. The number of hydrogen-bond acceptors (Lipinski definition) is 3. The number of carboxylic acid groups (broad SMARTS) is 1. The molecule has 7 heteroatoms. The predicted octanol–water partition coefficient (Wildman–Crippen LogP) is 0.422. The van der Waals surface area contributed by atoms with Crippen LogP contribution in [-0.2, 0) is 6.54 Å². The van der Waals surface area contributed by atoms with Crippen molar-refractivity contribution in [2.45, 2.75) is 6.54 Å². The SMILES string of the molecule is O=C(O)c1cc(F)cc(Cn2[nH]c(=O)ccc2=O)c1. The zero-order chi connectivity index (χ0) is 14.0. The monoisotopic (exact) mass is 264 g/mol. The minimum Gasteiger partial charge on any atom is -0.478 e. The van der Waals surface area contributed by atoms with Crippen molar-refractivity contribution < 1.29 is 14.3 Å². The third-order valence-electron chi connectivity index (χ3n) is 2.43. The van der Waals surface area contributed by atoms with Crippen molar-refractivity contribution in [1.82, 2.24) is 9.78 Å². The van der Waals surface area contributed by atoms with Gasteiger partial charge in [0.25, 0.3) is 11.1 Å². The van der Waals surface area contributed by atoms with Gasteiger partial charge in [-0.2, -0.15) is 0 Å². The number of aromatic nitrogens is 2. The topological polar surface area (TPSA) is 92.2 Å². The van der Waals surface area contributed by atoms with Crippen LogP contribution >= 0.6 is 0 Å². The number of nitrogens with one attached hydrogen (secondary N) is 1. The highest BCUT2D eigenvalue weighted by Gasteiger charge is 2.08. The zero-order valence-corrected chi connectivity index (χ0v) is 9.59. The van der Waals surface area contributed by atoms with Crippen LogP contribution in [0.5, 0.6) is 0 Å². The Labute approximate surface area is 105 Å². The molecule has 2 N–H and O–H groups in total. The third-order valence-corrected chi connectivity index (χ3v) is 2.43. The summed E-state index contributed by atoms with van der Waals surface area (Å²) >= 11 is 0. The summed E-state index contributed by atoms with van der Waals surface area (Å²) in [5, 5.41) is 11.1. The molecule has 0 fully saturated rings. The molecule has 0 aliphatic rings. The molecule has 0 saturated carbocycles. The van der Waals surface area contributed by atoms with Gasteiger partial charge in [-0.25, -0.2) is 13.9 Å². The average molecular weight is 264 g/mol. The van der Waals surface area contributed by atoms with Crippen LogP contribution in [0, 0.1) is 5.82 Å². The molecule has 19 heavy (non-hydrogen) atoms. The van der Waals surface area contributed by atoms with E-state index in [9.17, 15) is 18.8 Å². The van der Waals surface area contributed by atoms with Crippen LogP contribution in [0.3, 0.4) is 0 Å². The van der Waals surface area contributed by atoms with Gasteiger partial charge in [0.1, 0.15) is 5.82 Å². The molecule has 1 aromatic heterocycles. The normalized spacial score (nSPS) is 10.4. The van der Waals surface area contributed by atoms with Gasteiger partial charge in [0.2, 0.25) is 0 Å². The minimum absolute atomic E-state index is 0.118. The Kier molecular flexibility index (Phi) is 3.28. The molecule has 98 valence electrons. The summed E-state index contributed by atoms with van der Waals surface area (Å²) in [7, 11) is 0. The summed E-state index contributed by atoms with van der Waals surface area (Å²) in [6.07, 6.45) is 0. The Balaban J connectivity index is 2.43. The lowest BCUT2D eigenvalue weighted by atomic mass is 10.1. The molecule has 0 amide bonds. The fourth-order valence-corrected chi connectivity index (χ4v) is 1.63. The molecular formula is C12H9FN2O4. The smallest absolute Gasteiger partial charge is 0.335 e. The van der Waals surface area contributed by atoms with Crippen molar-refractivity contribution in [3.8, 4) is 0 Å². The van der Waals surface area contributed by atoms with Gasteiger partial charge < -0.3 is 5.11 Å². The maximum atomic E-state index is 13.2. The molecule has 0 bridgehead atoms. The fraction of sp³-hybridized carbons (Fsp3) is 0.0833. The summed E-state index contributed by atoms with van der Waals surface area (Å²) in [4.78, 5) is 33.3. The van der Waals surface area contributed by atoms with Gasteiger partial charge in [0.15, 0.2) is 0 Å². The Bertz CT molecular complexity index is 748. The molecule has 0 aliphatic carbocycles. The van der Waals surface area contributed by atoms with Gasteiger partial charge in [0.05, 0.1) is 12.1 Å². The first-order chi connectivity index (χ1) is 8.95. The van der Waals surface area contributed by atoms with Crippen molar-refractivity contribution in [2.75, 3.05) is 0 Å². The van der Waals surface area contributed by atoms with E-state index < -0.39 is 22.9 Å². The van der Waals surface area contributed by atoms with E-state index in [1.165, 1.54) is 6.07 Å². The summed E-state index contributed by atoms with van der Waals surface area (Å²) < 4.78 is 14.2. The van der Waals surface area contributed by atoms with E-state index in [2.05, 4.69) is 5.10 Å². The zero-order valence-electron chi connectivity index (χ0n) is 9.59. The van der Waals surface area contributed by atoms with Crippen molar-refractivity contribution >= 4 is 5.97 Å². The minimum atomic E-state index is -1.27. The number of hydrogen-bond donors (Lipinski definition) is 2. The first-order valence-electron chi connectivity index (χ1n) is 5.28. The lowest BCUT2D eigenvalue weighted by Crippen LogP contribution is -2.28. The summed E-state index contributed by atoms with van der Waals surface area (Å²) in [6, 6.07) is 5.37. The molecular weight excluding hydrogens is 255 g/mol. The lowest BCUT2D eigenvalue weighted by molar-refractivity contribution is 0.0696. The van der Waals surface area contributed by atoms with Gasteiger partial charge in [-0.1, -0.05) is 0 Å². The summed E-state index contributed by atoms with van der Waals surface area (Å²) in [5.74, 6) is -1.99. The van der Waals surface area contributed by atoms with E-state index in [0.29, 0.717) is 0 Å². The first kappa shape index (κ1) is 12.7. The number of carboxylic acids is 1. The largest absolute Gasteiger partial charge is 0.478 e. The number of carbonyl (C=O) groups is 1. The van der Waals surface area contributed by atoms with E-state index in [4.69, 9.17) is 5.11 Å². The first-order valence-corrected chi connectivity index (χ1v) is 5.28. The van der Waals surface area contributed by atoms with E-state index in [1.807, 2.05) is 0 Å². The number of nitrogens with zero attached hydrogens (tertiary/aromatic N) is 1. The average Bonchev–Trinajstić information content (AvgIpc) is 2.33. The molecule has 6 nitrogen and oxygen atoms in total. The standard InChI is InChI=1S/C12H9FN2O4/c13-9-4-7(3-8(5-9)12(18)19)6-15-11(17)2-1-10(16)14-15/h1-5H,6H2,(H,14,16)(H,18,19). The van der Waals surface area contributed by atoms with Crippen LogP contribution in [0.4, 0.5) is 4.39 Å². The maximum absolute atomic E-state index is 13.2. The Morgan fingerprint density at radius 3 is 2.68 bits per heavy atom. The number of benzene rings is 1. The molecule has 0 atom stereocenters. The van der Waals surface area contributed by atoms with Crippen LogP contribution in [0.15, 0.2) is 39.9 Å². The van der Waals surface area contributed by atoms with E-state index in [0.717, 1.165) is 28.9 Å². The summed E-state index contributed by atoms with van der Waals surface area (Å²) in [5.41, 5.74) is -0.905. The molecule has 0 unspecified atom stereocenters. The van der Waals surface area contributed by atoms with Crippen LogP contribution < -0.4 is 11.1 Å². The van der Waals surface area contributed by atoms with Gasteiger partial charge in [-0.05, 0) is 23.8 Å².